The van der Waals surface area contributed by atoms with Gasteiger partial charge >= 0.3 is 0 Å². The predicted molar refractivity (Wildman–Crippen MR) is 85.2 cm³/mol. The number of fused-ring (bicyclic) bond motifs is 1. The number of hydrogen-bond acceptors (Lipinski definition) is 4. The summed E-state index contributed by atoms with van der Waals surface area (Å²) in [6, 6.07) is 4.28. The first kappa shape index (κ1) is 15.9. The fraction of sp³-hybridized carbons (Fsp3) is 0.375. The zero-order chi connectivity index (χ0) is 16.6. The Kier molecular flexibility index (Phi) is 4.30. The van der Waals surface area contributed by atoms with Gasteiger partial charge in [-0.15, -0.1) is 0 Å². The Bertz CT molecular complexity index is 716. The largest absolute Gasteiger partial charge is 0.295 e. The van der Waals surface area contributed by atoms with Crippen LogP contribution in [-0.4, -0.2) is 39.9 Å². The van der Waals surface area contributed by atoms with Crippen molar-refractivity contribution in [2.24, 2.45) is 0 Å². The number of benzene rings is 1. The second-order valence-electron chi connectivity index (χ2n) is 5.58. The Morgan fingerprint density at radius 1 is 1.17 bits per heavy atom. The molecule has 0 radical (unpaired) electrons. The fourth-order valence-electron chi connectivity index (χ4n) is 3.05. The molecule has 0 saturated carbocycles. The molecule has 2 aliphatic heterocycles. The van der Waals surface area contributed by atoms with Crippen molar-refractivity contribution in [1.29, 1.82) is 0 Å². The number of nitrogens with zero attached hydrogens (tertiary/aromatic N) is 1. The Hall–Kier alpha value is -2.02. The van der Waals surface area contributed by atoms with Crippen LogP contribution >= 0.6 is 15.9 Å². The summed E-state index contributed by atoms with van der Waals surface area (Å²) in [5, 5.41) is 2.99. The number of carbonyl (C=O) groups is 4. The van der Waals surface area contributed by atoms with E-state index in [0.29, 0.717) is 17.5 Å². The highest BCUT2D eigenvalue weighted by Gasteiger charge is 2.45. The smallest absolute Gasteiger partial charge is 0.262 e. The summed E-state index contributed by atoms with van der Waals surface area (Å²) in [5.41, 5.74) is 1.55. The third kappa shape index (κ3) is 2.69. The molecule has 2 aliphatic rings. The van der Waals surface area contributed by atoms with Gasteiger partial charge in [-0.2, -0.15) is 0 Å². The molecule has 0 aromatic heterocycles. The van der Waals surface area contributed by atoms with Crippen LogP contribution in [0.25, 0.3) is 0 Å². The molecule has 23 heavy (non-hydrogen) atoms. The summed E-state index contributed by atoms with van der Waals surface area (Å²) in [5.74, 6) is -1.86. The lowest BCUT2D eigenvalue weighted by molar-refractivity contribution is -0.136. The van der Waals surface area contributed by atoms with Crippen LogP contribution in [0.2, 0.25) is 0 Å². The standard InChI is InChI=1S/C16H15BrN2O4/c17-8-2-4-9-3-1-5-10-13(9)16(23)19(15(10)22)11-6-7-12(20)18-14(11)21/h1,3,5,11H,2,4,6-8H2,(H,18,20,21). The van der Waals surface area contributed by atoms with Gasteiger partial charge < -0.3 is 0 Å². The summed E-state index contributed by atoms with van der Waals surface area (Å²) in [6.07, 6.45) is 1.82. The van der Waals surface area contributed by atoms with E-state index in [1.165, 1.54) is 0 Å². The first-order valence-electron chi connectivity index (χ1n) is 7.44. The molecule has 0 aliphatic carbocycles. The summed E-state index contributed by atoms with van der Waals surface area (Å²) >= 11 is 3.36. The van der Waals surface area contributed by atoms with E-state index in [2.05, 4.69) is 21.2 Å². The number of carbonyl (C=O) groups excluding carboxylic acids is 4. The van der Waals surface area contributed by atoms with E-state index in [9.17, 15) is 19.2 Å². The Morgan fingerprint density at radius 2 is 1.96 bits per heavy atom. The highest BCUT2D eigenvalue weighted by molar-refractivity contribution is 9.09. The topological polar surface area (TPSA) is 83.6 Å². The lowest BCUT2D eigenvalue weighted by Crippen LogP contribution is -2.54. The second kappa shape index (κ2) is 6.23. The molecule has 2 heterocycles. The third-order valence-corrected chi connectivity index (χ3v) is 4.69. The van der Waals surface area contributed by atoms with Gasteiger partial charge in [0.15, 0.2) is 0 Å². The highest BCUT2D eigenvalue weighted by atomic mass is 79.9. The van der Waals surface area contributed by atoms with Gasteiger partial charge in [-0.05, 0) is 30.9 Å². The Morgan fingerprint density at radius 3 is 2.65 bits per heavy atom. The van der Waals surface area contributed by atoms with Crippen LogP contribution in [0.1, 0.15) is 45.5 Å². The van der Waals surface area contributed by atoms with Crippen LogP contribution in [0.15, 0.2) is 18.2 Å². The van der Waals surface area contributed by atoms with Crippen molar-refractivity contribution in [1.82, 2.24) is 10.2 Å². The molecule has 1 unspecified atom stereocenters. The Balaban J connectivity index is 1.94. The summed E-state index contributed by atoms with van der Waals surface area (Å²) in [7, 11) is 0. The number of rotatable bonds is 4. The molecule has 3 rings (SSSR count). The van der Waals surface area contributed by atoms with Gasteiger partial charge in [-0.25, -0.2) is 0 Å². The van der Waals surface area contributed by atoms with Crippen molar-refractivity contribution in [2.75, 3.05) is 5.33 Å². The van der Waals surface area contributed by atoms with Crippen LogP contribution in [0, 0.1) is 0 Å². The SMILES string of the molecule is O=C1CCC(N2C(=O)c3cccc(CCCBr)c3C2=O)C(=O)N1. The zero-order valence-corrected chi connectivity index (χ0v) is 13.9. The molecule has 1 fully saturated rings. The first-order valence-corrected chi connectivity index (χ1v) is 8.56. The molecular weight excluding hydrogens is 364 g/mol. The maximum absolute atomic E-state index is 12.7. The summed E-state index contributed by atoms with van der Waals surface area (Å²) in [4.78, 5) is 49.6. The summed E-state index contributed by atoms with van der Waals surface area (Å²) < 4.78 is 0. The lowest BCUT2D eigenvalue weighted by Gasteiger charge is -2.27. The molecule has 1 atom stereocenters. The number of nitrogens with one attached hydrogen (secondary N) is 1. The first-order chi connectivity index (χ1) is 11.0. The van der Waals surface area contributed by atoms with Gasteiger partial charge in [-0.3, -0.25) is 29.4 Å². The second-order valence-corrected chi connectivity index (χ2v) is 6.37. The monoisotopic (exact) mass is 378 g/mol. The molecule has 6 nitrogen and oxygen atoms in total. The molecule has 4 amide bonds. The molecule has 120 valence electrons. The Labute approximate surface area is 141 Å². The molecule has 1 aromatic carbocycles. The van der Waals surface area contributed by atoms with E-state index in [-0.39, 0.29) is 18.7 Å². The molecule has 0 spiro atoms. The number of alkyl halides is 1. The minimum atomic E-state index is -0.913. The minimum Gasteiger partial charge on any atom is -0.295 e. The maximum atomic E-state index is 12.7. The summed E-state index contributed by atoms with van der Waals surface area (Å²) in [6.45, 7) is 0. The van der Waals surface area contributed by atoms with Gasteiger partial charge in [0.05, 0.1) is 11.1 Å². The van der Waals surface area contributed by atoms with E-state index in [4.69, 9.17) is 0 Å². The van der Waals surface area contributed by atoms with Gasteiger partial charge in [0.2, 0.25) is 11.8 Å². The molecule has 7 heteroatoms. The molecule has 1 aromatic rings. The van der Waals surface area contributed by atoms with Gasteiger partial charge in [0.1, 0.15) is 6.04 Å². The van der Waals surface area contributed by atoms with E-state index >= 15 is 0 Å². The van der Waals surface area contributed by atoms with Crippen molar-refractivity contribution in [3.8, 4) is 0 Å². The van der Waals surface area contributed by atoms with E-state index in [1.807, 2.05) is 6.07 Å². The van der Waals surface area contributed by atoms with E-state index < -0.39 is 23.8 Å². The third-order valence-electron chi connectivity index (χ3n) is 4.13. The van der Waals surface area contributed by atoms with Crippen molar-refractivity contribution >= 4 is 39.6 Å². The average molecular weight is 379 g/mol. The van der Waals surface area contributed by atoms with Crippen molar-refractivity contribution in [2.45, 2.75) is 31.7 Å². The van der Waals surface area contributed by atoms with E-state index in [1.54, 1.807) is 12.1 Å². The molecule has 1 N–H and O–H groups in total. The number of aryl methyl sites for hydroxylation is 1. The maximum Gasteiger partial charge on any atom is 0.262 e. The molecule has 0 bridgehead atoms. The minimum absolute atomic E-state index is 0.125. The van der Waals surface area contributed by atoms with Gasteiger partial charge in [0, 0.05) is 11.8 Å². The van der Waals surface area contributed by atoms with Crippen LogP contribution < -0.4 is 5.32 Å². The molecular formula is C16H15BrN2O4. The molecule has 1 saturated heterocycles. The van der Waals surface area contributed by atoms with E-state index in [0.717, 1.165) is 22.2 Å². The van der Waals surface area contributed by atoms with Crippen molar-refractivity contribution in [3.63, 3.8) is 0 Å². The number of halogens is 1. The van der Waals surface area contributed by atoms with Crippen molar-refractivity contribution < 1.29 is 19.2 Å². The predicted octanol–water partition coefficient (Wildman–Crippen LogP) is 1.42. The average Bonchev–Trinajstić information content (AvgIpc) is 2.78. The quantitative estimate of drug-likeness (QED) is 0.634. The van der Waals surface area contributed by atoms with Crippen LogP contribution in [0.4, 0.5) is 0 Å². The van der Waals surface area contributed by atoms with Crippen LogP contribution in [0.3, 0.4) is 0 Å². The number of piperidine rings is 1. The van der Waals surface area contributed by atoms with Gasteiger partial charge in [-0.1, -0.05) is 28.1 Å². The highest BCUT2D eigenvalue weighted by Crippen LogP contribution is 2.30. The zero-order valence-electron chi connectivity index (χ0n) is 12.3. The fourth-order valence-corrected chi connectivity index (χ4v) is 3.33. The van der Waals surface area contributed by atoms with Crippen LogP contribution in [-0.2, 0) is 16.0 Å². The normalized spacial score (nSPS) is 20.7. The number of imide groups is 2. The lowest BCUT2D eigenvalue weighted by atomic mass is 9.99. The van der Waals surface area contributed by atoms with Crippen LogP contribution in [0.5, 0.6) is 0 Å². The van der Waals surface area contributed by atoms with Crippen molar-refractivity contribution in [3.05, 3.63) is 34.9 Å². The number of amides is 4. The number of hydrogen-bond donors (Lipinski definition) is 1. The van der Waals surface area contributed by atoms with Gasteiger partial charge in [0.25, 0.3) is 11.8 Å².